The molecule has 2 saturated carbocycles. The highest BCUT2D eigenvalue weighted by atomic mass is 19.1. The van der Waals surface area contributed by atoms with Gasteiger partial charge in [0.1, 0.15) is 5.82 Å². The first-order valence-corrected chi connectivity index (χ1v) is 7.49. The maximum absolute atomic E-state index is 13.1. The first-order chi connectivity index (χ1) is 10.6. The number of hydrogen-bond donors (Lipinski definition) is 2. The van der Waals surface area contributed by atoms with E-state index in [2.05, 4.69) is 10.6 Å². The molecule has 1 aromatic rings. The number of rotatable bonds is 3. The van der Waals surface area contributed by atoms with E-state index in [0.29, 0.717) is 11.6 Å². The summed E-state index contributed by atoms with van der Waals surface area (Å²) in [5.41, 5.74) is 0.385. The summed E-state index contributed by atoms with van der Waals surface area (Å²) in [4.78, 5) is 24.1. The molecule has 0 saturated heterocycles. The predicted octanol–water partition coefficient (Wildman–Crippen LogP) is 2.53. The smallest absolute Gasteiger partial charge is 0.319 e. The SMILES string of the molecule is COC(=O)[C@H]1[C@H]2CC[C@@H](C2)[C@H]1NC(=O)Nc1cccc(F)c1. The zero-order valence-electron chi connectivity index (χ0n) is 12.3. The van der Waals surface area contributed by atoms with E-state index in [1.165, 1.54) is 25.3 Å². The lowest BCUT2D eigenvalue weighted by Crippen LogP contribution is -2.48. The van der Waals surface area contributed by atoms with Crippen LogP contribution in [0.5, 0.6) is 0 Å². The van der Waals surface area contributed by atoms with Crippen molar-refractivity contribution in [1.29, 1.82) is 0 Å². The molecule has 4 atom stereocenters. The average Bonchev–Trinajstić information content (AvgIpc) is 3.07. The van der Waals surface area contributed by atoms with Gasteiger partial charge in [-0.1, -0.05) is 6.07 Å². The van der Waals surface area contributed by atoms with Gasteiger partial charge in [-0.05, 0) is 49.3 Å². The molecule has 0 spiro atoms. The quantitative estimate of drug-likeness (QED) is 0.843. The molecule has 0 aliphatic heterocycles. The minimum absolute atomic E-state index is 0.209. The number of halogens is 1. The van der Waals surface area contributed by atoms with Crippen LogP contribution in [0.3, 0.4) is 0 Å². The number of ether oxygens (including phenoxy) is 1. The molecule has 0 radical (unpaired) electrons. The fourth-order valence-corrected chi connectivity index (χ4v) is 3.86. The lowest BCUT2D eigenvalue weighted by atomic mass is 9.84. The van der Waals surface area contributed by atoms with Gasteiger partial charge in [-0.15, -0.1) is 0 Å². The highest BCUT2D eigenvalue weighted by Gasteiger charge is 2.52. The van der Waals surface area contributed by atoms with Gasteiger partial charge < -0.3 is 15.4 Å². The van der Waals surface area contributed by atoms with Gasteiger partial charge >= 0.3 is 12.0 Å². The second-order valence-corrected chi connectivity index (χ2v) is 6.02. The van der Waals surface area contributed by atoms with Gasteiger partial charge in [-0.2, -0.15) is 0 Å². The van der Waals surface area contributed by atoms with Gasteiger partial charge in [0.25, 0.3) is 0 Å². The lowest BCUT2D eigenvalue weighted by molar-refractivity contribution is -0.148. The third-order valence-electron chi connectivity index (χ3n) is 4.77. The van der Waals surface area contributed by atoms with E-state index in [4.69, 9.17) is 4.74 Å². The summed E-state index contributed by atoms with van der Waals surface area (Å²) in [5, 5.41) is 5.47. The zero-order valence-corrected chi connectivity index (χ0v) is 12.3. The third kappa shape index (κ3) is 2.77. The third-order valence-corrected chi connectivity index (χ3v) is 4.77. The summed E-state index contributed by atoms with van der Waals surface area (Å²) in [6.45, 7) is 0. The van der Waals surface area contributed by atoms with E-state index >= 15 is 0 Å². The van der Waals surface area contributed by atoms with Crippen LogP contribution >= 0.6 is 0 Å². The first-order valence-electron chi connectivity index (χ1n) is 7.49. The van der Waals surface area contributed by atoms with Crippen LogP contribution in [0.1, 0.15) is 19.3 Å². The van der Waals surface area contributed by atoms with Gasteiger partial charge in [0.05, 0.1) is 13.0 Å². The van der Waals surface area contributed by atoms with Gasteiger partial charge in [0.15, 0.2) is 0 Å². The Bertz CT molecular complexity index is 593. The molecular weight excluding hydrogens is 287 g/mol. The maximum atomic E-state index is 13.1. The Morgan fingerprint density at radius 1 is 1.27 bits per heavy atom. The standard InChI is InChI=1S/C16H19FN2O3/c1-22-15(20)13-9-5-6-10(7-9)14(13)19-16(21)18-12-4-2-3-11(17)8-12/h2-4,8-10,13-14H,5-7H2,1H3,(H2,18,19,21)/t9-,10-,13-,14+/m0/s1. The molecule has 6 heteroatoms. The number of anilines is 1. The number of benzene rings is 1. The van der Waals surface area contributed by atoms with Crippen LogP contribution in [0, 0.1) is 23.6 Å². The summed E-state index contributed by atoms with van der Waals surface area (Å²) in [7, 11) is 1.37. The van der Waals surface area contributed by atoms with Crippen LogP contribution in [-0.2, 0) is 9.53 Å². The number of carbonyl (C=O) groups is 2. The van der Waals surface area contributed by atoms with Crippen LogP contribution < -0.4 is 10.6 Å². The summed E-state index contributed by atoms with van der Waals surface area (Å²) >= 11 is 0. The molecule has 2 aliphatic rings. The molecule has 2 bridgehead atoms. The number of hydrogen-bond acceptors (Lipinski definition) is 3. The van der Waals surface area contributed by atoms with Crippen molar-refractivity contribution >= 4 is 17.7 Å². The van der Waals surface area contributed by atoms with Crippen molar-refractivity contribution in [3.8, 4) is 0 Å². The molecule has 0 unspecified atom stereocenters. The molecule has 2 N–H and O–H groups in total. The molecule has 1 aromatic carbocycles. The van der Waals surface area contributed by atoms with Crippen LogP contribution in [0.25, 0.3) is 0 Å². The van der Waals surface area contributed by atoms with Crippen molar-refractivity contribution in [2.45, 2.75) is 25.3 Å². The summed E-state index contributed by atoms with van der Waals surface area (Å²) in [6.07, 6.45) is 2.97. The fraction of sp³-hybridized carbons (Fsp3) is 0.500. The van der Waals surface area contributed by atoms with Crippen molar-refractivity contribution in [3.63, 3.8) is 0 Å². The molecule has 0 aromatic heterocycles. The maximum Gasteiger partial charge on any atom is 0.319 e. The van der Waals surface area contributed by atoms with E-state index in [1.807, 2.05) is 0 Å². The van der Waals surface area contributed by atoms with Crippen molar-refractivity contribution < 1.29 is 18.7 Å². The van der Waals surface area contributed by atoms with Crippen LogP contribution in [-0.4, -0.2) is 25.2 Å². The first kappa shape index (κ1) is 14.8. The van der Waals surface area contributed by atoms with E-state index in [9.17, 15) is 14.0 Å². The Hall–Kier alpha value is -2.11. The van der Waals surface area contributed by atoms with Gasteiger partial charge in [-0.3, -0.25) is 4.79 Å². The van der Waals surface area contributed by atoms with Crippen molar-refractivity contribution in [2.75, 3.05) is 12.4 Å². The van der Waals surface area contributed by atoms with Crippen molar-refractivity contribution in [2.24, 2.45) is 17.8 Å². The Balaban J connectivity index is 1.66. The molecule has 2 fully saturated rings. The van der Waals surface area contributed by atoms with Crippen molar-refractivity contribution in [1.82, 2.24) is 5.32 Å². The second kappa shape index (κ2) is 5.94. The van der Waals surface area contributed by atoms with Gasteiger partial charge in [0, 0.05) is 11.7 Å². The largest absolute Gasteiger partial charge is 0.469 e. The Kier molecular flexibility index (Phi) is 4.00. The second-order valence-electron chi connectivity index (χ2n) is 6.02. The Labute approximate surface area is 128 Å². The molecule has 2 amide bonds. The fourth-order valence-electron chi connectivity index (χ4n) is 3.86. The topological polar surface area (TPSA) is 67.4 Å². The molecular formula is C16H19FN2O3. The van der Waals surface area contributed by atoms with Crippen LogP contribution in [0.15, 0.2) is 24.3 Å². The lowest BCUT2D eigenvalue weighted by Gasteiger charge is -2.29. The molecule has 3 rings (SSSR count). The molecule has 0 heterocycles. The van der Waals surface area contributed by atoms with E-state index < -0.39 is 11.8 Å². The highest BCUT2D eigenvalue weighted by molar-refractivity contribution is 5.90. The summed E-state index contributed by atoms with van der Waals surface area (Å²) in [5.74, 6) is -0.347. The number of urea groups is 1. The van der Waals surface area contributed by atoms with E-state index in [-0.39, 0.29) is 23.8 Å². The van der Waals surface area contributed by atoms with Crippen molar-refractivity contribution in [3.05, 3.63) is 30.1 Å². The molecule has 2 aliphatic carbocycles. The number of amides is 2. The Morgan fingerprint density at radius 2 is 2.05 bits per heavy atom. The van der Waals surface area contributed by atoms with Gasteiger partial charge in [0.2, 0.25) is 0 Å². The van der Waals surface area contributed by atoms with Crippen LogP contribution in [0.2, 0.25) is 0 Å². The van der Waals surface area contributed by atoms with Crippen LogP contribution in [0.4, 0.5) is 14.9 Å². The normalized spacial score (nSPS) is 29.2. The minimum atomic E-state index is -0.419. The zero-order chi connectivity index (χ0) is 15.7. The number of fused-ring (bicyclic) bond motifs is 2. The summed E-state index contributed by atoms with van der Waals surface area (Å²) < 4.78 is 18.0. The minimum Gasteiger partial charge on any atom is -0.469 e. The Morgan fingerprint density at radius 3 is 2.77 bits per heavy atom. The molecule has 5 nitrogen and oxygen atoms in total. The highest BCUT2D eigenvalue weighted by Crippen LogP contribution is 2.48. The number of methoxy groups -OCH3 is 1. The van der Waals surface area contributed by atoms with E-state index in [1.54, 1.807) is 6.07 Å². The summed E-state index contributed by atoms with van der Waals surface area (Å²) in [6, 6.07) is 5.07. The average molecular weight is 306 g/mol. The van der Waals surface area contributed by atoms with E-state index in [0.717, 1.165) is 19.3 Å². The predicted molar refractivity (Wildman–Crippen MR) is 78.7 cm³/mol. The number of esters is 1. The number of nitrogens with one attached hydrogen (secondary N) is 2. The molecule has 22 heavy (non-hydrogen) atoms. The van der Waals surface area contributed by atoms with Gasteiger partial charge in [-0.25, -0.2) is 9.18 Å². The monoisotopic (exact) mass is 306 g/mol. The number of carbonyl (C=O) groups excluding carboxylic acids is 2. The molecule has 118 valence electrons.